The number of methoxy groups -OCH3 is 1. The number of benzene rings is 1. The number of sulfonamides is 1. The fourth-order valence-electron chi connectivity index (χ4n) is 2.00. The first-order valence-corrected chi connectivity index (χ1v) is 8.48. The first kappa shape index (κ1) is 17.7. The fraction of sp³-hybridized carbons (Fsp3) is 0.571. The molecule has 0 unspecified atom stereocenters. The summed E-state index contributed by atoms with van der Waals surface area (Å²) in [5.74, 6) is 0.575. The van der Waals surface area contributed by atoms with Crippen LogP contribution in [0.1, 0.15) is 20.3 Å². The van der Waals surface area contributed by atoms with Crippen molar-refractivity contribution in [1.82, 2.24) is 4.31 Å². The van der Waals surface area contributed by atoms with Crippen molar-refractivity contribution >= 4 is 15.7 Å². The molecule has 0 aliphatic carbocycles. The number of hydrogen-bond acceptors (Lipinski definition) is 5. The van der Waals surface area contributed by atoms with E-state index in [9.17, 15) is 8.42 Å². The summed E-state index contributed by atoms with van der Waals surface area (Å²) in [6, 6.07) is 4.76. The van der Waals surface area contributed by atoms with E-state index in [0.29, 0.717) is 37.5 Å². The number of rotatable bonds is 9. The molecular weight excluding hydrogens is 292 g/mol. The van der Waals surface area contributed by atoms with Gasteiger partial charge in [-0.3, -0.25) is 0 Å². The molecule has 0 radical (unpaired) electrons. The zero-order chi connectivity index (χ0) is 15.9. The molecule has 6 nitrogen and oxygen atoms in total. The van der Waals surface area contributed by atoms with Crippen LogP contribution in [-0.4, -0.2) is 51.2 Å². The summed E-state index contributed by atoms with van der Waals surface area (Å²) in [5, 5.41) is 11.9. The highest BCUT2D eigenvalue weighted by molar-refractivity contribution is 7.89. The van der Waals surface area contributed by atoms with E-state index in [1.807, 2.05) is 13.8 Å². The first-order chi connectivity index (χ1) is 10.0. The van der Waals surface area contributed by atoms with E-state index >= 15 is 0 Å². The van der Waals surface area contributed by atoms with Gasteiger partial charge >= 0.3 is 0 Å². The lowest BCUT2D eigenvalue weighted by atomic mass is 10.3. The summed E-state index contributed by atoms with van der Waals surface area (Å²) in [7, 11) is -1.96. The Hall–Kier alpha value is -1.31. The topological polar surface area (TPSA) is 78.9 Å². The number of hydrogen-bond donors (Lipinski definition) is 2. The molecule has 0 fully saturated rings. The number of ether oxygens (including phenoxy) is 1. The van der Waals surface area contributed by atoms with Gasteiger partial charge in [-0.2, -0.15) is 4.31 Å². The minimum Gasteiger partial charge on any atom is -0.495 e. The summed E-state index contributed by atoms with van der Waals surface area (Å²) in [6.07, 6.45) is 0.580. The second-order valence-corrected chi connectivity index (χ2v) is 6.39. The van der Waals surface area contributed by atoms with Gasteiger partial charge in [0.05, 0.1) is 17.7 Å². The molecule has 0 saturated heterocycles. The predicted molar refractivity (Wildman–Crippen MR) is 83.3 cm³/mol. The molecule has 0 aromatic heterocycles. The second kappa shape index (κ2) is 8.21. The normalized spacial score (nSPS) is 11.7. The Morgan fingerprint density at radius 2 is 1.95 bits per heavy atom. The molecule has 0 saturated carbocycles. The third-order valence-electron chi connectivity index (χ3n) is 3.16. The van der Waals surface area contributed by atoms with Crippen LogP contribution >= 0.6 is 0 Å². The number of aliphatic hydroxyl groups is 1. The van der Waals surface area contributed by atoms with Gasteiger partial charge in [0.2, 0.25) is 10.0 Å². The van der Waals surface area contributed by atoms with Crippen molar-refractivity contribution in [3.63, 3.8) is 0 Å². The fourth-order valence-corrected chi connectivity index (χ4v) is 3.49. The average Bonchev–Trinajstić information content (AvgIpc) is 2.48. The highest BCUT2D eigenvalue weighted by Crippen LogP contribution is 2.28. The Morgan fingerprint density at radius 3 is 2.48 bits per heavy atom. The molecule has 2 N–H and O–H groups in total. The van der Waals surface area contributed by atoms with Crippen molar-refractivity contribution in [2.24, 2.45) is 0 Å². The quantitative estimate of drug-likeness (QED) is 0.675. The van der Waals surface area contributed by atoms with E-state index in [0.717, 1.165) is 0 Å². The van der Waals surface area contributed by atoms with Crippen molar-refractivity contribution in [2.75, 3.05) is 38.7 Å². The minimum atomic E-state index is -3.49. The molecule has 21 heavy (non-hydrogen) atoms. The third-order valence-corrected chi connectivity index (χ3v) is 5.21. The predicted octanol–water partition coefficient (Wildman–Crippen LogP) is 1.52. The number of nitrogens with zero attached hydrogens (tertiary/aromatic N) is 1. The van der Waals surface area contributed by atoms with Gasteiger partial charge in [0, 0.05) is 26.2 Å². The van der Waals surface area contributed by atoms with Crippen molar-refractivity contribution in [2.45, 2.75) is 25.2 Å². The molecule has 0 bridgehead atoms. The van der Waals surface area contributed by atoms with Crippen LogP contribution in [0.3, 0.4) is 0 Å². The standard InChI is InChI=1S/C14H24N2O4S/c1-4-16(5-2)21(18,19)12-7-8-14(20-3)13(11-12)15-9-6-10-17/h7-8,11,15,17H,4-6,9-10H2,1-3H3. The SMILES string of the molecule is CCN(CC)S(=O)(=O)c1ccc(OC)c(NCCCO)c1. The van der Waals surface area contributed by atoms with Crippen molar-refractivity contribution in [1.29, 1.82) is 0 Å². The number of anilines is 1. The Kier molecular flexibility index (Phi) is 6.94. The summed E-state index contributed by atoms with van der Waals surface area (Å²) < 4.78 is 31.6. The molecule has 0 amide bonds. The smallest absolute Gasteiger partial charge is 0.243 e. The van der Waals surface area contributed by atoms with E-state index in [1.165, 1.54) is 11.4 Å². The van der Waals surface area contributed by atoms with Crippen molar-refractivity contribution in [3.8, 4) is 5.75 Å². The molecule has 1 aromatic carbocycles. The summed E-state index contributed by atoms with van der Waals surface area (Å²) in [4.78, 5) is 0.235. The Balaban J connectivity index is 3.12. The molecule has 0 heterocycles. The van der Waals surface area contributed by atoms with Crippen LogP contribution in [-0.2, 0) is 10.0 Å². The molecule has 0 atom stereocenters. The van der Waals surface area contributed by atoms with Crippen LogP contribution < -0.4 is 10.1 Å². The lowest BCUT2D eigenvalue weighted by molar-refractivity contribution is 0.292. The van der Waals surface area contributed by atoms with E-state index in [1.54, 1.807) is 18.2 Å². The van der Waals surface area contributed by atoms with Crippen LogP contribution in [0.4, 0.5) is 5.69 Å². The highest BCUT2D eigenvalue weighted by Gasteiger charge is 2.22. The molecule has 0 aliphatic heterocycles. The van der Waals surface area contributed by atoms with E-state index in [4.69, 9.17) is 9.84 Å². The van der Waals surface area contributed by atoms with Crippen LogP contribution in [0, 0.1) is 0 Å². The van der Waals surface area contributed by atoms with E-state index < -0.39 is 10.0 Å². The van der Waals surface area contributed by atoms with Gasteiger partial charge in [0.1, 0.15) is 5.75 Å². The Bertz CT molecular complexity index is 542. The molecule has 0 aliphatic rings. The maximum Gasteiger partial charge on any atom is 0.243 e. The van der Waals surface area contributed by atoms with Crippen LogP contribution in [0.15, 0.2) is 23.1 Å². The lowest BCUT2D eigenvalue weighted by Crippen LogP contribution is -2.30. The molecule has 7 heteroatoms. The first-order valence-electron chi connectivity index (χ1n) is 7.04. The van der Waals surface area contributed by atoms with Gasteiger partial charge < -0.3 is 15.2 Å². The zero-order valence-corrected chi connectivity index (χ0v) is 13.6. The van der Waals surface area contributed by atoms with E-state index in [-0.39, 0.29) is 11.5 Å². The molecule has 120 valence electrons. The van der Waals surface area contributed by atoms with Crippen molar-refractivity contribution < 1.29 is 18.3 Å². The van der Waals surface area contributed by atoms with Gasteiger partial charge in [0.25, 0.3) is 0 Å². The minimum absolute atomic E-state index is 0.0761. The summed E-state index contributed by atoms with van der Waals surface area (Å²) in [5.41, 5.74) is 0.610. The van der Waals surface area contributed by atoms with Gasteiger partial charge in [0.15, 0.2) is 0 Å². The maximum atomic E-state index is 12.5. The maximum absolute atomic E-state index is 12.5. The molecule has 1 rings (SSSR count). The van der Waals surface area contributed by atoms with Crippen LogP contribution in [0.2, 0.25) is 0 Å². The van der Waals surface area contributed by atoms with Gasteiger partial charge in [-0.15, -0.1) is 0 Å². The molecule has 0 spiro atoms. The van der Waals surface area contributed by atoms with Crippen LogP contribution in [0.25, 0.3) is 0 Å². The summed E-state index contributed by atoms with van der Waals surface area (Å²) >= 11 is 0. The third kappa shape index (κ3) is 4.33. The molecule has 1 aromatic rings. The monoisotopic (exact) mass is 316 g/mol. The highest BCUT2D eigenvalue weighted by atomic mass is 32.2. The Labute approximate surface area is 126 Å². The zero-order valence-electron chi connectivity index (χ0n) is 12.8. The second-order valence-electron chi connectivity index (χ2n) is 4.46. The number of nitrogens with one attached hydrogen (secondary N) is 1. The van der Waals surface area contributed by atoms with Crippen molar-refractivity contribution in [3.05, 3.63) is 18.2 Å². The largest absolute Gasteiger partial charge is 0.495 e. The van der Waals surface area contributed by atoms with Gasteiger partial charge in [-0.05, 0) is 24.6 Å². The lowest BCUT2D eigenvalue weighted by Gasteiger charge is -2.19. The summed E-state index contributed by atoms with van der Waals surface area (Å²) in [6.45, 7) is 5.10. The van der Waals surface area contributed by atoms with Gasteiger partial charge in [-0.25, -0.2) is 8.42 Å². The van der Waals surface area contributed by atoms with E-state index in [2.05, 4.69) is 5.32 Å². The number of aliphatic hydroxyl groups excluding tert-OH is 1. The Morgan fingerprint density at radius 1 is 1.29 bits per heavy atom. The molecular formula is C14H24N2O4S. The van der Waals surface area contributed by atoms with Gasteiger partial charge in [-0.1, -0.05) is 13.8 Å². The van der Waals surface area contributed by atoms with Crippen LogP contribution in [0.5, 0.6) is 5.75 Å². The average molecular weight is 316 g/mol.